The van der Waals surface area contributed by atoms with Gasteiger partial charge in [0.2, 0.25) is 0 Å². The average Bonchev–Trinajstić information content (AvgIpc) is 3.25. The van der Waals surface area contributed by atoms with E-state index < -0.39 is 0 Å². The predicted molar refractivity (Wildman–Crippen MR) is 103 cm³/mol. The number of benzene rings is 1. The van der Waals surface area contributed by atoms with Crippen LogP contribution in [0.3, 0.4) is 0 Å². The molecule has 1 unspecified atom stereocenters. The fourth-order valence-corrected chi connectivity index (χ4v) is 4.22. The summed E-state index contributed by atoms with van der Waals surface area (Å²) in [5, 5.41) is 7.95. The summed E-state index contributed by atoms with van der Waals surface area (Å²) in [6.07, 6.45) is 5.26. The average molecular weight is 352 g/mol. The highest BCUT2D eigenvalue weighted by atomic mass is 16.2. The molecule has 1 aromatic heterocycles. The van der Waals surface area contributed by atoms with Crippen LogP contribution in [0.15, 0.2) is 18.2 Å². The lowest BCUT2D eigenvalue weighted by atomic mass is 9.95. The molecular formula is C21H28N4O. The van der Waals surface area contributed by atoms with Gasteiger partial charge >= 0.3 is 0 Å². The van der Waals surface area contributed by atoms with Gasteiger partial charge in [0.05, 0.1) is 11.2 Å². The fraction of sp³-hybridized carbons (Fsp3) is 0.524. The molecular weight excluding hydrogens is 324 g/mol. The van der Waals surface area contributed by atoms with Gasteiger partial charge in [0.15, 0.2) is 5.69 Å². The summed E-state index contributed by atoms with van der Waals surface area (Å²) in [4.78, 5) is 13.1. The molecule has 1 atom stereocenters. The summed E-state index contributed by atoms with van der Waals surface area (Å²) >= 11 is 0. The number of hydrogen-bond donors (Lipinski definition) is 2. The monoisotopic (exact) mass is 352 g/mol. The zero-order valence-electron chi connectivity index (χ0n) is 15.9. The van der Waals surface area contributed by atoms with Gasteiger partial charge in [0.25, 0.3) is 5.91 Å². The van der Waals surface area contributed by atoms with Crippen molar-refractivity contribution in [2.24, 2.45) is 11.7 Å². The van der Waals surface area contributed by atoms with Crippen LogP contribution in [0, 0.1) is 19.8 Å². The summed E-state index contributed by atoms with van der Waals surface area (Å²) in [5.41, 5.74) is 12.0. The molecule has 1 heterocycles. The molecule has 1 saturated carbocycles. The second-order valence-electron chi connectivity index (χ2n) is 8.18. The van der Waals surface area contributed by atoms with E-state index >= 15 is 0 Å². The highest BCUT2D eigenvalue weighted by molar-refractivity contribution is 5.95. The first-order valence-electron chi connectivity index (χ1n) is 9.64. The van der Waals surface area contributed by atoms with Crippen LogP contribution in [0.5, 0.6) is 0 Å². The maximum absolute atomic E-state index is 13.1. The molecule has 0 radical (unpaired) electrons. The Hall–Kier alpha value is -2.14. The highest BCUT2D eigenvalue weighted by Gasteiger charge is 2.42. The molecule has 0 saturated heterocycles. The number of nitrogens with two attached hydrogens (primary N) is 1. The third-order valence-electron chi connectivity index (χ3n) is 6.03. The number of hydrogen-bond acceptors (Lipinski definition) is 3. The Morgan fingerprint density at radius 3 is 2.77 bits per heavy atom. The summed E-state index contributed by atoms with van der Waals surface area (Å²) in [7, 11) is 0. The molecule has 2 aliphatic rings. The maximum atomic E-state index is 13.1. The van der Waals surface area contributed by atoms with E-state index in [0.29, 0.717) is 18.2 Å². The van der Waals surface area contributed by atoms with Crippen molar-refractivity contribution in [3.8, 4) is 5.69 Å². The van der Waals surface area contributed by atoms with E-state index in [1.54, 1.807) is 0 Å². The van der Waals surface area contributed by atoms with Gasteiger partial charge in [0, 0.05) is 17.8 Å². The zero-order valence-corrected chi connectivity index (χ0v) is 15.9. The Labute approximate surface area is 155 Å². The number of fused-ring (bicyclic) bond motifs is 1. The topological polar surface area (TPSA) is 72.9 Å². The lowest BCUT2D eigenvalue weighted by Crippen LogP contribution is -2.53. The van der Waals surface area contributed by atoms with Gasteiger partial charge in [-0.05, 0) is 70.4 Å². The summed E-state index contributed by atoms with van der Waals surface area (Å²) in [5.74, 6) is 0.414. The second kappa shape index (κ2) is 6.23. The molecule has 0 spiro atoms. The maximum Gasteiger partial charge on any atom is 0.272 e. The molecule has 4 rings (SSSR count). The van der Waals surface area contributed by atoms with E-state index in [1.165, 1.54) is 16.8 Å². The minimum Gasteiger partial charge on any atom is -0.344 e. The molecule has 1 amide bonds. The number of nitrogens with one attached hydrogen (secondary N) is 1. The number of aryl methyl sites for hydroxylation is 2. The van der Waals surface area contributed by atoms with Gasteiger partial charge in [-0.3, -0.25) is 4.79 Å². The normalized spacial score (nSPS) is 18.5. The van der Waals surface area contributed by atoms with Crippen LogP contribution in [0.2, 0.25) is 0 Å². The van der Waals surface area contributed by atoms with E-state index in [-0.39, 0.29) is 11.4 Å². The Balaban J connectivity index is 1.71. The Morgan fingerprint density at radius 1 is 1.35 bits per heavy atom. The molecule has 26 heavy (non-hydrogen) atoms. The molecule has 5 nitrogen and oxygen atoms in total. The van der Waals surface area contributed by atoms with Crippen molar-refractivity contribution in [3.05, 3.63) is 46.3 Å². The Kier molecular flexibility index (Phi) is 4.14. The van der Waals surface area contributed by atoms with Crippen LogP contribution in [0.4, 0.5) is 0 Å². The van der Waals surface area contributed by atoms with Crippen LogP contribution in [0.25, 0.3) is 5.69 Å². The predicted octanol–water partition coefficient (Wildman–Crippen LogP) is 2.84. The minimum atomic E-state index is -0.327. The third-order valence-corrected chi connectivity index (χ3v) is 6.03. The van der Waals surface area contributed by atoms with Crippen LogP contribution < -0.4 is 11.1 Å². The van der Waals surface area contributed by atoms with Gasteiger partial charge in [0.1, 0.15) is 0 Å². The van der Waals surface area contributed by atoms with Crippen molar-refractivity contribution >= 4 is 5.91 Å². The molecule has 138 valence electrons. The van der Waals surface area contributed by atoms with Crippen LogP contribution >= 0.6 is 0 Å². The number of carbonyl (C=O) groups is 1. The third kappa shape index (κ3) is 2.84. The van der Waals surface area contributed by atoms with E-state index in [4.69, 9.17) is 10.8 Å². The molecule has 0 bridgehead atoms. The molecule has 2 aromatic rings. The van der Waals surface area contributed by atoms with E-state index in [2.05, 4.69) is 44.3 Å². The summed E-state index contributed by atoms with van der Waals surface area (Å²) in [6, 6.07) is 6.37. The number of amides is 1. The van der Waals surface area contributed by atoms with Crippen molar-refractivity contribution in [1.82, 2.24) is 15.1 Å². The standard InChI is InChI=1S/C21H28N4O/c1-13-7-10-17(14(2)11-13)25-18-6-4-5-16(18)19(24-25)20(26)23-21(3,12-22)15-8-9-15/h7,10-11,15H,4-6,8-9,12,22H2,1-3H3,(H,23,26). The molecule has 5 heteroatoms. The SMILES string of the molecule is Cc1ccc(-n2nc(C(=O)NC(C)(CN)C3CC3)c3c2CCC3)c(C)c1. The number of aromatic nitrogens is 2. The Morgan fingerprint density at radius 2 is 2.12 bits per heavy atom. The first-order valence-corrected chi connectivity index (χ1v) is 9.64. The van der Waals surface area contributed by atoms with Crippen molar-refractivity contribution in [1.29, 1.82) is 0 Å². The second-order valence-corrected chi connectivity index (χ2v) is 8.18. The van der Waals surface area contributed by atoms with Gasteiger partial charge in [-0.15, -0.1) is 0 Å². The van der Waals surface area contributed by atoms with E-state index in [0.717, 1.165) is 43.4 Å². The van der Waals surface area contributed by atoms with Gasteiger partial charge in [-0.1, -0.05) is 17.7 Å². The zero-order chi connectivity index (χ0) is 18.5. The van der Waals surface area contributed by atoms with E-state index in [9.17, 15) is 4.79 Å². The lowest BCUT2D eigenvalue weighted by molar-refractivity contribution is 0.0891. The number of nitrogens with zero attached hydrogens (tertiary/aromatic N) is 2. The van der Waals surface area contributed by atoms with Crippen molar-refractivity contribution < 1.29 is 4.79 Å². The van der Waals surface area contributed by atoms with Crippen molar-refractivity contribution in [3.63, 3.8) is 0 Å². The van der Waals surface area contributed by atoms with Crippen molar-refractivity contribution in [2.75, 3.05) is 6.54 Å². The first-order chi connectivity index (χ1) is 12.4. The fourth-order valence-electron chi connectivity index (χ4n) is 4.22. The molecule has 2 aliphatic carbocycles. The quantitative estimate of drug-likeness (QED) is 0.869. The van der Waals surface area contributed by atoms with Crippen LogP contribution in [-0.4, -0.2) is 27.8 Å². The molecule has 1 aromatic carbocycles. The molecule has 3 N–H and O–H groups in total. The van der Waals surface area contributed by atoms with Crippen LogP contribution in [-0.2, 0) is 12.8 Å². The van der Waals surface area contributed by atoms with Crippen molar-refractivity contribution in [2.45, 2.75) is 58.4 Å². The Bertz CT molecular complexity index is 865. The van der Waals surface area contributed by atoms with Gasteiger partial charge < -0.3 is 11.1 Å². The largest absolute Gasteiger partial charge is 0.344 e. The number of carbonyl (C=O) groups excluding carboxylic acids is 1. The lowest BCUT2D eigenvalue weighted by Gasteiger charge is -2.29. The van der Waals surface area contributed by atoms with Gasteiger partial charge in [-0.25, -0.2) is 4.68 Å². The van der Waals surface area contributed by atoms with Crippen LogP contribution in [0.1, 0.15) is 59.1 Å². The summed E-state index contributed by atoms with van der Waals surface area (Å²) in [6.45, 7) is 6.71. The minimum absolute atomic E-state index is 0.0773. The molecule has 1 fully saturated rings. The first kappa shape index (κ1) is 17.3. The number of rotatable bonds is 5. The summed E-state index contributed by atoms with van der Waals surface area (Å²) < 4.78 is 1.99. The highest BCUT2D eigenvalue weighted by Crippen LogP contribution is 2.39. The smallest absolute Gasteiger partial charge is 0.272 e. The van der Waals surface area contributed by atoms with Gasteiger partial charge in [-0.2, -0.15) is 5.10 Å². The molecule has 0 aliphatic heterocycles. The van der Waals surface area contributed by atoms with E-state index in [1.807, 2.05) is 4.68 Å².